The molecule has 0 aliphatic rings. The molecule has 0 aliphatic carbocycles. The van der Waals surface area contributed by atoms with Gasteiger partial charge in [0.1, 0.15) is 9.98 Å². The van der Waals surface area contributed by atoms with Crippen LogP contribution >= 0.6 is 34.3 Å². The second-order valence-corrected chi connectivity index (χ2v) is 5.76. The zero-order chi connectivity index (χ0) is 11.1. The maximum Gasteiger partial charge on any atom is 0.174 e. The van der Waals surface area contributed by atoms with Gasteiger partial charge in [0, 0.05) is 16.5 Å². The van der Waals surface area contributed by atoms with Crippen LogP contribution in [0, 0.1) is 6.92 Å². The lowest BCUT2D eigenvalue weighted by Crippen LogP contribution is -1.86. The molecule has 0 amide bonds. The van der Waals surface area contributed by atoms with Gasteiger partial charge in [0.2, 0.25) is 0 Å². The summed E-state index contributed by atoms with van der Waals surface area (Å²) in [6.07, 6.45) is 1.75. The van der Waals surface area contributed by atoms with E-state index in [0.717, 1.165) is 15.1 Å². The molecule has 3 rings (SSSR count). The van der Waals surface area contributed by atoms with Gasteiger partial charge >= 0.3 is 0 Å². The largest absolute Gasteiger partial charge is 0.252 e. The van der Waals surface area contributed by atoms with Gasteiger partial charge < -0.3 is 0 Å². The fourth-order valence-electron chi connectivity index (χ4n) is 1.44. The zero-order valence-corrected chi connectivity index (χ0v) is 10.7. The van der Waals surface area contributed by atoms with Crippen LogP contribution in [-0.4, -0.2) is 15.0 Å². The SMILES string of the molecule is Cc1cc2c(Cl)nc(-c3cncs3)nc2s1. The number of fused-ring (bicyclic) bond motifs is 1. The summed E-state index contributed by atoms with van der Waals surface area (Å²) in [5, 5.41) is 1.44. The minimum atomic E-state index is 0.512. The molecule has 0 atom stereocenters. The second-order valence-electron chi connectivity index (χ2n) is 3.28. The highest BCUT2D eigenvalue weighted by Crippen LogP contribution is 2.31. The van der Waals surface area contributed by atoms with Gasteiger partial charge in [-0.1, -0.05) is 11.6 Å². The van der Waals surface area contributed by atoms with E-state index in [1.165, 1.54) is 16.2 Å². The molecule has 0 saturated heterocycles. The Labute approximate surface area is 105 Å². The Balaban J connectivity index is 2.28. The molecule has 16 heavy (non-hydrogen) atoms. The molecule has 3 aromatic heterocycles. The van der Waals surface area contributed by atoms with Crippen molar-refractivity contribution in [2.75, 3.05) is 0 Å². The van der Waals surface area contributed by atoms with Gasteiger partial charge in [-0.2, -0.15) is 0 Å². The third-order valence-electron chi connectivity index (χ3n) is 2.12. The van der Waals surface area contributed by atoms with Crippen LogP contribution in [0.15, 0.2) is 17.8 Å². The van der Waals surface area contributed by atoms with E-state index in [4.69, 9.17) is 11.6 Å². The first-order valence-corrected chi connectivity index (χ1v) is 6.64. The third-order valence-corrected chi connectivity index (χ3v) is 4.12. The van der Waals surface area contributed by atoms with Crippen molar-refractivity contribution in [3.63, 3.8) is 0 Å². The molecule has 3 heterocycles. The number of nitrogens with zero attached hydrogens (tertiary/aromatic N) is 3. The van der Waals surface area contributed by atoms with Crippen LogP contribution in [0.3, 0.4) is 0 Å². The van der Waals surface area contributed by atoms with E-state index in [-0.39, 0.29) is 0 Å². The lowest BCUT2D eigenvalue weighted by molar-refractivity contribution is 1.24. The number of rotatable bonds is 1. The Bertz CT molecular complexity index is 645. The van der Waals surface area contributed by atoms with E-state index in [9.17, 15) is 0 Å². The predicted molar refractivity (Wildman–Crippen MR) is 68.3 cm³/mol. The van der Waals surface area contributed by atoms with E-state index in [2.05, 4.69) is 15.0 Å². The lowest BCUT2D eigenvalue weighted by Gasteiger charge is -1.97. The molecule has 0 aromatic carbocycles. The Kier molecular flexibility index (Phi) is 2.38. The van der Waals surface area contributed by atoms with Crippen molar-refractivity contribution in [3.05, 3.63) is 27.8 Å². The molecule has 0 fully saturated rings. The Hall–Kier alpha value is -1.04. The van der Waals surface area contributed by atoms with Crippen LogP contribution < -0.4 is 0 Å². The monoisotopic (exact) mass is 267 g/mol. The molecule has 6 heteroatoms. The van der Waals surface area contributed by atoms with E-state index in [1.807, 2.05) is 13.0 Å². The molecule has 80 valence electrons. The highest BCUT2D eigenvalue weighted by molar-refractivity contribution is 7.18. The number of aryl methyl sites for hydroxylation is 1. The summed E-state index contributed by atoms with van der Waals surface area (Å²) in [7, 11) is 0. The Morgan fingerprint density at radius 2 is 2.19 bits per heavy atom. The molecule has 0 aliphatic heterocycles. The Morgan fingerprint density at radius 1 is 1.31 bits per heavy atom. The molecule has 0 saturated carbocycles. The molecule has 0 N–H and O–H groups in total. The summed E-state index contributed by atoms with van der Waals surface area (Å²) < 4.78 is 0. The van der Waals surface area contributed by atoms with Crippen LogP contribution in [0.1, 0.15) is 4.88 Å². The zero-order valence-electron chi connectivity index (χ0n) is 8.27. The van der Waals surface area contributed by atoms with Crippen molar-refractivity contribution in [1.29, 1.82) is 0 Å². The average molecular weight is 268 g/mol. The fraction of sp³-hybridized carbons (Fsp3) is 0.100. The number of thiazole rings is 1. The van der Waals surface area contributed by atoms with E-state index < -0.39 is 0 Å². The van der Waals surface area contributed by atoms with Gasteiger partial charge in [-0.15, -0.1) is 22.7 Å². The molecule has 0 unspecified atom stereocenters. The van der Waals surface area contributed by atoms with Gasteiger partial charge in [-0.3, -0.25) is 4.98 Å². The number of hydrogen-bond donors (Lipinski definition) is 0. The van der Waals surface area contributed by atoms with Gasteiger partial charge in [0.05, 0.1) is 10.4 Å². The lowest BCUT2D eigenvalue weighted by atomic mass is 10.4. The van der Waals surface area contributed by atoms with Crippen LogP contribution in [0.2, 0.25) is 5.15 Å². The highest BCUT2D eigenvalue weighted by Gasteiger charge is 2.10. The first-order chi connectivity index (χ1) is 7.74. The molecule has 3 aromatic rings. The van der Waals surface area contributed by atoms with Crippen LogP contribution in [-0.2, 0) is 0 Å². The van der Waals surface area contributed by atoms with E-state index in [0.29, 0.717) is 11.0 Å². The second kappa shape index (κ2) is 3.76. The fourth-order valence-corrected chi connectivity index (χ4v) is 3.16. The first kappa shape index (κ1) is 10.1. The minimum Gasteiger partial charge on any atom is -0.252 e. The van der Waals surface area contributed by atoms with Crippen molar-refractivity contribution >= 4 is 44.5 Å². The Morgan fingerprint density at radius 3 is 2.94 bits per heavy atom. The maximum atomic E-state index is 6.13. The maximum absolute atomic E-state index is 6.13. The standard InChI is InChI=1S/C10H6ClN3S2/c1-5-2-6-8(11)13-9(14-10(6)16-5)7-3-12-4-15-7/h2-4H,1H3. The average Bonchev–Trinajstić information content (AvgIpc) is 2.84. The molecular formula is C10H6ClN3S2. The van der Waals surface area contributed by atoms with Gasteiger partial charge in [-0.05, 0) is 13.0 Å². The van der Waals surface area contributed by atoms with Crippen LogP contribution in [0.25, 0.3) is 20.9 Å². The minimum absolute atomic E-state index is 0.512. The highest BCUT2D eigenvalue weighted by atomic mass is 35.5. The molecular weight excluding hydrogens is 262 g/mol. The van der Waals surface area contributed by atoms with E-state index in [1.54, 1.807) is 23.0 Å². The molecule has 3 nitrogen and oxygen atoms in total. The number of aromatic nitrogens is 3. The van der Waals surface area contributed by atoms with Crippen molar-refractivity contribution in [1.82, 2.24) is 15.0 Å². The summed E-state index contributed by atoms with van der Waals surface area (Å²) in [5.74, 6) is 0.654. The van der Waals surface area contributed by atoms with Gasteiger partial charge in [0.25, 0.3) is 0 Å². The van der Waals surface area contributed by atoms with Crippen LogP contribution in [0.4, 0.5) is 0 Å². The summed E-state index contributed by atoms with van der Waals surface area (Å²) in [4.78, 5) is 15.9. The number of thiophene rings is 1. The summed E-state index contributed by atoms with van der Waals surface area (Å²) >= 11 is 9.27. The molecule has 0 radical (unpaired) electrons. The topological polar surface area (TPSA) is 38.7 Å². The summed E-state index contributed by atoms with van der Waals surface area (Å²) in [6, 6.07) is 2.01. The van der Waals surface area contributed by atoms with Crippen molar-refractivity contribution < 1.29 is 0 Å². The summed E-state index contributed by atoms with van der Waals surface area (Å²) in [5.41, 5.74) is 1.76. The third kappa shape index (κ3) is 1.61. The van der Waals surface area contributed by atoms with Crippen LogP contribution in [0.5, 0.6) is 0 Å². The van der Waals surface area contributed by atoms with E-state index >= 15 is 0 Å². The molecule has 0 spiro atoms. The van der Waals surface area contributed by atoms with Gasteiger partial charge in [0.15, 0.2) is 5.82 Å². The normalized spacial score (nSPS) is 11.1. The predicted octanol–water partition coefficient (Wildman–Crippen LogP) is 3.78. The first-order valence-electron chi connectivity index (χ1n) is 4.56. The molecule has 0 bridgehead atoms. The number of halogens is 1. The smallest absolute Gasteiger partial charge is 0.174 e. The van der Waals surface area contributed by atoms with Crippen molar-refractivity contribution in [2.45, 2.75) is 6.92 Å². The quantitative estimate of drug-likeness (QED) is 0.630. The van der Waals surface area contributed by atoms with Crippen molar-refractivity contribution in [3.8, 4) is 10.7 Å². The van der Waals surface area contributed by atoms with Crippen molar-refractivity contribution in [2.24, 2.45) is 0 Å². The number of hydrogen-bond acceptors (Lipinski definition) is 5. The van der Waals surface area contributed by atoms with Gasteiger partial charge in [-0.25, -0.2) is 9.97 Å². The summed E-state index contributed by atoms with van der Waals surface area (Å²) in [6.45, 7) is 2.04.